The first kappa shape index (κ1) is 13.9. The van der Waals surface area contributed by atoms with Crippen molar-refractivity contribution in [2.45, 2.75) is 58.0 Å². The first-order valence-electron chi connectivity index (χ1n) is 7.90. The summed E-state index contributed by atoms with van der Waals surface area (Å²) in [6, 6.07) is 4.18. The Hall–Kier alpha value is -1.09. The van der Waals surface area contributed by atoms with Crippen molar-refractivity contribution in [3.63, 3.8) is 0 Å². The lowest BCUT2D eigenvalue weighted by Crippen LogP contribution is -2.43. The second-order valence-corrected chi connectivity index (χ2v) is 6.54. The van der Waals surface area contributed by atoms with Gasteiger partial charge in [0.1, 0.15) is 5.82 Å². The minimum atomic E-state index is -0.138. The molecule has 1 aromatic carbocycles. The molecular weight excluding hydrogens is 251 g/mol. The fraction of sp³-hybridized carbons (Fsp3) is 0.647. The van der Waals surface area contributed by atoms with Crippen LogP contribution in [0.1, 0.15) is 56.2 Å². The molecule has 1 aliphatic carbocycles. The highest BCUT2D eigenvalue weighted by molar-refractivity contribution is 5.58. The third kappa shape index (κ3) is 2.32. The molecule has 1 saturated heterocycles. The number of nitrogens with two attached hydrogens (primary N) is 1. The molecule has 2 nitrogen and oxygen atoms in total. The van der Waals surface area contributed by atoms with Gasteiger partial charge in [0.05, 0.1) is 0 Å². The summed E-state index contributed by atoms with van der Waals surface area (Å²) in [6.45, 7) is 4.88. The number of hydrogen-bond acceptors (Lipinski definition) is 2. The molecule has 0 aromatic heterocycles. The molecule has 1 saturated carbocycles. The van der Waals surface area contributed by atoms with E-state index in [1.54, 1.807) is 6.07 Å². The molecule has 2 fully saturated rings. The maximum atomic E-state index is 13.9. The second-order valence-electron chi connectivity index (χ2n) is 6.54. The first-order chi connectivity index (χ1) is 9.58. The van der Waals surface area contributed by atoms with E-state index in [1.165, 1.54) is 37.8 Å². The van der Waals surface area contributed by atoms with Crippen LogP contribution in [0.4, 0.5) is 10.1 Å². The van der Waals surface area contributed by atoms with Crippen molar-refractivity contribution in [2.24, 2.45) is 11.7 Å². The number of piperidine rings is 1. The monoisotopic (exact) mass is 276 g/mol. The van der Waals surface area contributed by atoms with Crippen LogP contribution < -0.4 is 10.6 Å². The molecule has 2 aliphatic rings. The maximum absolute atomic E-state index is 13.9. The van der Waals surface area contributed by atoms with Crippen LogP contribution in [0, 0.1) is 18.7 Å². The van der Waals surface area contributed by atoms with Crippen LogP contribution in [0.2, 0.25) is 0 Å². The standard InChI is InChI=1S/C17H25FN2/c1-11-9-17(14(12(2)19)10-15(11)18)20-8-4-6-13-5-3-7-16(13)20/h9-10,12-13,16H,3-8,19H2,1-2H3/t12-,13?,16?/m0/s1. The zero-order chi connectivity index (χ0) is 14.3. The molecule has 20 heavy (non-hydrogen) atoms. The van der Waals surface area contributed by atoms with Crippen molar-refractivity contribution in [3.05, 3.63) is 29.1 Å². The number of halogens is 1. The van der Waals surface area contributed by atoms with Gasteiger partial charge in [-0.2, -0.15) is 0 Å². The zero-order valence-electron chi connectivity index (χ0n) is 12.5. The minimum absolute atomic E-state index is 0.123. The van der Waals surface area contributed by atoms with Gasteiger partial charge in [-0.3, -0.25) is 0 Å². The summed E-state index contributed by atoms with van der Waals surface area (Å²) in [4.78, 5) is 2.52. The number of aryl methyl sites for hydroxylation is 1. The normalized spacial score (nSPS) is 27.5. The van der Waals surface area contributed by atoms with Gasteiger partial charge in [-0.05, 0) is 68.7 Å². The smallest absolute Gasteiger partial charge is 0.126 e. The predicted molar refractivity (Wildman–Crippen MR) is 81.4 cm³/mol. The lowest BCUT2D eigenvalue weighted by Gasteiger charge is -2.41. The average Bonchev–Trinajstić information content (AvgIpc) is 2.89. The summed E-state index contributed by atoms with van der Waals surface area (Å²) in [6.07, 6.45) is 6.57. The Bertz CT molecular complexity index is 498. The molecule has 3 atom stereocenters. The van der Waals surface area contributed by atoms with Gasteiger partial charge in [0.15, 0.2) is 0 Å². The molecule has 0 bridgehead atoms. The van der Waals surface area contributed by atoms with Crippen molar-refractivity contribution in [1.82, 2.24) is 0 Å². The number of fused-ring (bicyclic) bond motifs is 1. The molecule has 3 rings (SSSR count). The predicted octanol–water partition coefficient (Wildman–Crippen LogP) is 3.92. The van der Waals surface area contributed by atoms with E-state index in [9.17, 15) is 4.39 Å². The van der Waals surface area contributed by atoms with E-state index in [0.29, 0.717) is 6.04 Å². The number of nitrogens with zero attached hydrogens (tertiary/aromatic N) is 1. The lowest BCUT2D eigenvalue weighted by atomic mass is 9.90. The fourth-order valence-electron chi connectivity index (χ4n) is 4.05. The van der Waals surface area contributed by atoms with E-state index in [-0.39, 0.29) is 11.9 Å². The van der Waals surface area contributed by atoms with Crippen LogP contribution in [-0.2, 0) is 0 Å². The molecule has 1 heterocycles. The average molecular weight is 276 g/mol. The third-order valence-electron chi connectivity index (χ3n) is 5.10. The van der Waals surface area contributed by atoms with Gasteiger partial charge in [-0.1, -0.05) is 6.42 Å². The van der Waals surface area contributed by atoms with Crippen LogP contribution in [0.3, 0.4) is 0 Å². The Kier molecular flexibility index (Phi) is 3.72. The summed E-state index contributed by atoms with van der Waals surface area (Å²) >= 11 is 0. The van der Waals surface area contributed by atoms with Crippen molar-refractivity contribution < 1.29 is 4.39 Å². The van der Waals surface area contributed by atoms with Crippen LogP contribution in [-0.4, -0.2) is 12.6 Å². The number of rotatable bonds is 2. The molecule has 0 radical (unpaired) electrons. The topological polar surface area (TPSA) is 29.3 Å². The van der Waals surface area contributed by atoms with E-state index in [0.717, 1.165) is 23.6 Å². The highest BCUT2D eigenvalue weighted by Gasteiger charge is 2.36. The zero-order valence-corrected chi connectivity index (χ0v) is 12.5. The molecular formula is C17H25FN2. The highest BCUT2D eigenvalue weighted by Crippen LogP contribution is 2.41. The van der Waals surface area contributed by atoms with Crippen LogP contribution >= 0.6 is 0 Å². The van der Waals surface area contributed by atoms with Gasteiger partial charge in [-0.15, -0.1) is 0 Å². The summed E-state index contributed by atoms with van der Waals surface area (Å²) in [7, 11) is 0. The summed E-state index contributed by atoms with van der Waals surface area (Å²) in [5.74, 6) is 0.691. The molecule has 2 unspecified atom stereocenters. The van der Waals surface area contributed by atoms with Crippen molar-refractivity contribution in [3.8, 4) is 0 Å². The SMILES string of the molecule is Cc1cc(N2CCCC3CCCC32)c([C@H](C)N)cc1F. The lowest BCUT2D eigenvalue weighted by molar-refractivity contribution is 0.361. The van der Waals surface area contributed by atoms with E-state index < -0.39 is 0 Å². The van der Waals surface area contributed by atoms with Crippen molar-refractivity contribution in [1.29, 1.82) is 0 Å². The van der Waals surface area contributed by atoms with Crippen LogP contribution in [0.15, 0.2) is 12.1 Å². The Morgan fingerprint density at radius 1 is 1.25 bits per heavy atom. The van der Waals surface area contributed by atoms with Gasteiger partial charge < -0.3 is 10.6 Å². The van der Waals surface area contributed by atoms with Crippen molar-refractivity contribution in [2.75, 3.05) is 11.4 Å². The Morgan fingerprint density at radius 2 is 2.00 bits per heavy atom. The maximum Gasteiger partial charge on any atom is 0.126 e. The Morgan fingerprint density at radius 3 is 2.75 bits per heavy atom. The van der Waals surface area contributed by atoms with Gasteiger partial charge in [0, 0.05) is 24.3 Å². The van der Waals surface area contributed by atoms with Crippen molar-refractivity contribution >= 4 is 5.69 Å². The van der Waals surface area contributed by atoms with E-state index in [2.05, 4.69) is 4.90 Å². The second kappa shape index (κ2) is 5.36. The number of anilines is 1. The van der Waals surface area contributed by atoms with E-state index >= 15 is 0 Å². The first-order valence-corrected chi connectivity index (χ1v) is 7.90. The quantitative estimate of drug-likeness (QED) is 0.887. The molecule has 0 spiro atoms. The Balaban J connectivity index is 2.01. The summed E-state index contributed by atoms with van der Waals surface area (Å²) in [5.41, 5.74) is 8.95. The molecule has 2 N–H and O–H groups in total. The Labute approximate surface area is 121 Å². The van der Waals surface area contributed by atoms with Gasteiger partial charge in [-0.25, -0.2) is 4.39 Å². The van der Waals surface area contributed by atoms with E-state index in [1.807, 2.05) is 19.9 Å². The van der Waals surface area contributed by atoms with Gasteiger partial charge >= 0.3 is 0 Å². The fourth-order valence-corrected chi connectivity index (χ4v) is 4.05. The molecule has 1 aliphatic heterocycles. The van der Waals surface area contributed by atoms with E-state index in [4.69, 9.17) is 5.73 Å². The summed E-state index contributed by atoms with van der Waals surface area (Å²) in [5, 5.41) is 0. The molecule has 3 heteroatoms. The largest absolute Gasteiger partial charge is 0.368 e. The third-order valence-corrected chi connectivity index (χ3v) is 5.10. The number of hydrogen-bond donors (Lipinski definition) is 1. The molecule has 110 valence electrons. The number of benzene rings is 1. The highest BCUT2D eigenvalue weighted by atomic mass is 19.1. The summed E-state index contributed by atoms with van der Waals surface area (Å²) < 4.78 is 13.9. The van der Waals surface area contributed by atoms with Crippen LogP contribution in [0.25, 0.3) is 0 Å². The molecule has 1 aromatic rings. The molecule has 0 amide bonds. The van der Waals surface area contributed by atoms with Gasteiger partial charge in [0.25, 0.3) is 0 Å². The van der Waals surface area contributed by atoms with Crippen LogP contribution in [0.5, 0.6) is 0 Å². The van der Waals surface area contributed by atoms with Gasteiger partial charge in [0.2, 0.25) is 0 Å². The minimum Gasteiger partial charge on any atom is -0.368 e.